The van der Waals surface area contributed by atoms with E-state index < -0.39 is 0 Å². The molecular weight excluding hydrogens is 286 g/mol. The Bertz CT molecular complexity index is 480. The molecular formula is C16H24ClN3O. The van der Waals surface area contributed by atoms with Gasteiger partial charge in [0.1, 0.15) is 0 Å². The van der Waals surface area contributed by atoms with Crippen molar-refractivity contribution in [3.63, 3.8) is 0 Å². The number of amides is 1. The quantitative estimate of drug-likeness (QED) is 0.879. The normalized spacial score (nSPS) is 23.0. The first kappa shape index (κ1) is 16.3. The minimum atomic E-state index is 0.00557. The van der Waals surface area contributed by atoms with Crippen LogP contribution in [-0.2, 0) is 4.79 Å². The maximum atomic E-state index is 12.0. The average molecular weight is 310 g/mol. The second-order valence-electron chi connectivity index (χ2n) is 5.84. The molecule has 2 rings (SSSR count). The van der Waals surface area contributed by atoms with Crippen molar-refractivity contribution >= 4 is 23.2 Å². The molecule has 1 heterocycles. The van der Waals surface area contributed by atoms with E-state index in [1.807, 2.05) is 18.2 Å². The molecule has 2 unspecified atom stereocenters. The molecule has 1 aromatic rings. The van der Waals surface area contributed by atoms with Gasteiger partial charge in [0.15, 0.2) is 0 Å². The van der Waals surface area contributed by atoms with Crippen LogP contribution in [0.5, 0.6) is 0 Å². The number of likely N-dealkylation sites (tertiary alicyclic amines) is 1. The van der Waals surface area contributed by atoms with Crippen LogP contribution in [0.4, 0.5) is 5.69 Å². The minimum absolute atomic E-state index is 0.00557. The Labute approximate surface area is 131 Å². The largest absolute Gasteiger partial charge is 0.330 e. The van der Waals surface area contributed by atoms with E-state index in [0.717, 1.165) is 32.6 Å². The second-order valence-corrected chi connectivity index (χ2v) is 6.25. The molecule has 1 aromatic carbocycles. The number of rotatable bonds is 5. The molecule has 1 saturated heterocycles. The van der Waals surface area contributed by atoms with Crippen molar-refractivity contribution in [2.45, 2.75) is 19.8 Å². The summed E-state index contributed by atoms with van der Waals surface area (Å²) in [6.07, 6.45) is 1.64. The van der Waals surface area contributed by atoms with Crippen LogP contribution in [0.2, 0.25) is 5.02 Å². The summed E-state index contributed by atoms with van der Waals surface area (Å²) in [5, 5.41) is 3.43. The zero-order valence-corrected chi connectivity index (χ0v) is 13.3. The Kier molecular flexibility index (Phi) is 6.03. The zero-order chi connectivity index (χ0) is 15.2. The Morgan fingerprint density at radius 1 is 1.48 bits per heavy atom. The highest BCUT2D eigenvalue weighted by Crippen LogP contribution is 2.23. The topological polar surface area (TPSA) is 58.4 Å². The molecule has 116 valence electrons. The van der Waals surface area contributed by atoms with E-state index in [2.05, 4.69) is 17.1 Å². The number of nitrogens with two attached hydrogens (primary N) is 1. The van der Waals surface area contributed by atoms with Gasteiger partial charge in [0, 0.05) is 19.5 Å². The minimum Gasteiger partial charge on any atom is -0.330 e. The van der Waals surface area contributed by atoms with Gasteiger partial charge >= 0.3 is 0 Å². The molecule has 1 amide bonds. The van der Waals surface area contributed by atoms with Crippen LogP contribution < -0.4 is 11.1 Å². The number of hydrogen-bond acceptors (Lipinski definition) is 3. The summed E-state index contributed by atoms with van der Waals surface area (Å²) in [7, 11) is 0. The number of piperidine rings is 1. The highest BCUT2D eigenvalue weighted by atomic mass is 35.5. The fraction of sp³-hybridized carbons (Fsp3) is 0.562. The standard InChI is InChI=1S/C16H24ClN3O/c1-12-6-8-20(11-13(12)10-18)9-7-16(21)19-15-5-3-2-4-14(15)17/h2-5,12-13H,6-11,18H2,1H3,(H,19,21). The molecule has 0 spiro atoms. The summed E-state index contributed by atoms with van der Waals surface area (Å²) in [5.74, 6) is 1.24. The molecule has 21 heavy (non-hydrogen) atoms. The molecule has 4 nitrogen and oxygen atoms in total. The highest BCUT2D eigenvalue weighted by Gasteiger charge is 2.25. The summed E-state index contributed by atoms with van der Waals surface area (Å²) >= 11 is 6.03. The molecule has 0 saturated carbocycles. The number of nitrogens with one attached hydrogen (secondary N) is 1. The Balaban J connectivity index is 1.78. The van der Waals surface area contributed by atoms with Crippen molar-refractivity contribution in [3.8, 4) is 0 Å². The van der Waals surface area contributed by atoms with E-state index in [1.165, 1.54) is 0 Å². The van der Waals surface area contributed by atoms with Gasteiger partial charge in [-0.05, 0) is 43.5 Å². The summed E-state index contributed by atoms with van der Waals surface area (Å²) in [4.78, 5) is 14.3. The number of hydrogen-bond donors (Lipinski definition) is 2. The lowest BCUT2D eigenvalue weighted by Gasteiger charge is -2.36. The number of anilines is 1. The molecule has 1 fully saturated rings. The van der Waals surface area contributed by atoms with Crippen LogP contribution in [0.1, 0.15) is 19.8 Å². The fourth-order valence-electron chi connectivity index (χ4n) is 2.77. The zero-order valence-electron chi connectivity index (χ0n) is 12.5. The molecule has 0 aromatic heterocycles. The molecule has 2 atom stereocenters. The summed E-state index contributed by atoms with van der Waals surface area (Å²) in [6, 6.07) is 7.29. The third kappa shape index (κ3) is 4.70. The fourth-order valence-corrected chi connectivity index (χ4v) is 2.95. The third-order valence-electron chi connectivity index (χ3n) is 4.30. The highest BCUT2D eigenvalue weighted by molar-refractivity contribution is 6.33. The van der Waals surface area contributed by atoms with Crippen LogP contribution in [0.3, 0.4) is 0 Å². The maximum Gasteiger partial charge on any atom is 0.225 e. The predicted octanol–water partition coefficient (Wildman–Crippen LogP) is 2.59. The van der Waals surface area contributed by atoms with Crippen molar-refractivity contribution in [1.29, 1.82) is 0 Å². The lowest BCUT2D eigenvalue weighted by Crippen LogP contribution is -2.43. The van der Waals surface area contributed by atoms with Crippen LogP contribution in [0, 0.1) is 11.8 Å². The Morgan fingerprint density at radius 3 is 2.95 bits per heavy atom. The van der Waals surface area contributed by atoms with E-state index in [9.17, 15) is 4.79 Å². The van der Waals surface area contributed by atoms with Crippen molar-refractivity contribution in [1.82, 2.24) is 4.90 Å². The smallest absolute Gasteiger partial charge is 0.225 e. The van der Waals surface area contributed by atoms with Crippen molar-refractivity contribution in [2.75, 3.05) is 31.5 Å². The van der Waals surface area contributed by atoms with Crippen LogP contribution in [0.25, 0.3) is 0 Å². The van der Waals surface area contributed by atoms with Crippen LogP contribution in [-0.4, -0.2) is 37.0 Å². The lowest BCUT2D eigenvalue weighted by molar-refractivity contribution is -0.116. The number of carbonyl (C=O) groups excluding carboxylic acids is 1. The van der Waals surface area contributed by atoms with E-state index in [0.29, 0.717) is 29.0 Å². The van der Waals surface area contributed by atoms with Gasteiger partial charge in [-0.1, -0.05) is 30.7 Å². The predicted molar refractivity (Wildman–Crippen MR) is 87.5 cm³/mol. The summed E-state index contributed by atoms with van der Waals surface area (Å²) in [5.41, 5.74) is 6.49. The summed E-state index contributed by atoms with van der Waals surface area (Å²) < 4.78 is 0. The van der Waals surface area contributed by atoms with Crippen LogP contribution in [0.15, 0.2) is 24.3 Å². The van der Waals surface area contributed by atoms with Gasteiger partial charge < -0.3 is 16.0 Å². The molecule has 1 aliphatic rings. The Morgan fingerprint density at radius 2 is 2.24 bits per heavy atom. The van der Waals surface area contributed by atoms with Gasteiger partial charge in [-0.2, -0.15) is 0 Å². The first-order valence-corrected chi connectivity index (χ1v) is 7.94. The molecule has 0 aliphatic carbocycles. The first-order chi connectivity index (χ1) is 10.1. The second kappa shape index (κ2) is 7.78. The summed E-state index contributed by atoms with van der Waals surface area (Å²) in [6.45, 7) is 5.82. The van der Waals surface area contributed by atoms with Gasteiger partial charge in [0.25, 0.3) is 0 Å². The van der Waals surface area contributed by atoms with E-state index >= 15 is 0 Å². The number of para-hydroxylation sites is 1. The monoisotopic (exact) mass is 309 g/mol. The molecule has 0 bridgehead atoms. The maximum absolute atomic E-state index is 12.0. The average Bonchev–Trinajstić information content (AvgIpc) is 2.49. The van der Waals surface area contributed by atoms with Gasteiger partial charge in [-0.15, -0.1) is 0 Å². The van der Waals surface area contributed by atoms with Gasteiger partial charge in [0.2, 0.25) is 5.91 Å². The number of benzene rings is 1. The third-order valence-corrected chi connectivity index (χ3v) is 4.63. The first-order valence-electron chi connectivity index (χ1n) is 7.57. The van der Waals surface area contributed by atoms with E-state index in [1.54, 1.807) is 6.07 Å². The molecule has 0 radical (unpaired) electrons. The van der Waals surface area contributed by atoms with Gasteiger partial charge in [-0.3, -0.25) is 4.79 Å². The van der Waals surface area contributed by atoms with E-state index in [4.69, 9.17) is 17.3 Å². The number of nitrogens with zero attached hydrogens (tertiary/aromatic N) is 1. The molecule has 3 N–H and O–H groups in total. The molecule has 5 heteroatoms. The number of carbonyl (C=O) groups is 1. The van der Waals surface area contributed by atoms with Crippen molar-refractivity contribution in [3.05, 3.63) is 29.3 Å². The molecule has 1 aliphatic heterocycles. The number of halogens is 1. The van der Waals surface area contributed by atoms with Crippen molar-refractivity contribution < 1.29 is 4.79 Å². The van der Waals surface area contributed by atoms with Gasteiger partial charge in [0.05, 0.1) is 10.7 Å². The van der Waals surface area contributed by atoms with Crippen LogP contribution >= 0.6 is 11.6 Å². The Hall–Kier alpha value is -1.10. The lowest BCUT2D eigenvalue weighted by atomic mass is 9.87. The SMILES string of the molecule is CC1CCN(CCC(=O)Nc2ccccc2Cl)CC1CN. The van der Waals surface area contributed by atoms with Crippen molar-refractivity contribution in [2.24, 2.45) is 17.6 Å². The van der Waals surface area contributed by atoms with E-state index in [-0.39, 0.29) is 5.91 Å². The van der Waals surface area contributed by atoms with Gasteiger partial charge in [-0.25, -0.2) is 0 Å².